The second-order valence-corrected chi connectivity index (χ2v) is 3.56. The van der Waals surface area contributed by atoms with Gasteiger partial charge in [-0.25, -0.2) is 0 Å². The van der Waals surface area contributed by atoms with Crippen molar-refractivity contribution in [3.8, 4) is 0 Å². The summed E-state index contributed by atoms with van der Waals surface area (Å²) in [5.41, 5.74) is 5.07. The molecular formula is C9H18N2O2. The Morgan fingerprint density at radius 1 is 1.46 bits per heavy atom. The topological polar surface area (TPSA) is 66.6 Å². The Bertz CT molecular complexity index is 169. The number of carbonyl (C=O) groups excluding carboxylic acids is 1. The van der Waals surface area contributed by atoms with Gasteiger partial charge in [0.2, 0.25) is 5.91 Å². The normalized spacial score (nSPS) is 17.4. The molecule has 0 aromatic carbocycles. The van der Waals surface area contributed by atoms with Crippen molar-refractivity contribution < 1.29 is 9.90 Å². The molecule has 1 amide bonds. The zero-order valence-electron chi connectivity index (χ0n) is 7.91. The summed E-state index contributed by atoms with van der Waals surface area (Å²) in [4.78, 5) is 12.7. The molecule has 1 fully saturated rings. The van der Waals surface area contributed by atoms with Crippen molar-refractivity contribution in [1.29, 1.82) is 0 Å². The molecule has 0 aromatic heterocycles. The van der Waals surface area contributed by atoms with Crippen molar-refractivity contribution in [3.63, 3.8) is 0 Å². The third-order valence-electron chi connectivity index (χ3n) is 2.62. The van der Waals surface area contributed by atoms with E-state index in [-0.39, 0.29) is 12.5 Å². The van der Waals surface area contributed by atoms with Gasteiger partial charge in [-0.05, 0) is 12.8 Å². The Morgan fingerprint density at radius 3 is 2.54 bits per heavy atom. The van der Waals surface area contributed by atoms with Gasteiger partial charge in [0.25, 0.3) is 0 Å². The van der Waals surface area contributed by atoms with Crippen molar-refractivity contribution in [3.05, 3.63) is 0 Å². The van der Waals surface area contributed by atoms with E-state index in [0.29, 0.717) is 25.6 Å². The Balaban J connectivity index is 2.24. The lowest BCUT2D eigenvalue weighted by atomic mass is 9.91. The van der Waals surface area contributed by atoms with E-state index in [2.05, 4.69) is 4.90 Å². The van der Waals surface area contributed by atoms with Crippen LogP contribution in [0.25, 0.3) is 0 Å². The van der Waals surface area contributed by atoms with Gasteiger partial charge in [0.15, 0.2) is 0 Å². The van der Waals surface area contributed by atoms with Crippen LogP contribution in [0.4, 0.5) is 0 Å². The molecule has 1 saturated carbocycles. The molecule has 4 nitrogen and oxygen atoms in total. The lowest BCUT2D eigenvalue weighted by molar-refractivity contribution is -0.118. The Hall–Kier alpha value is -0.610. The number of hydrogen-bond donors (Lipinski definition) is 2. The highest BCUT2D eigenvalue weighted by atomic mass is 16.3. The van der Waals surface area contributed by atoms with Gasteiger partial charge in [-0.3, -0.25) is 9.69 Å². The van der Waals surface area contributed by atoms with E-state index in [1.165, 1.54) is 19.3 Å². The quantitative estimate of drug-likeness (QED) is 0.599. The maximum atomic E-state index is 10.6. The van der Waals surface area contributed by atoms with Crippen molar-refractivity contribution in [2.24, 2.45) is 5.73 Å². The first-order valence-electron chi connectivity index (χ1n) is 4.87. The highest BCUT2D eigenvalue weighted by Crippen LogP contribution is 2.24. The molecule has 0 radical (unpaired) electrons. The van der Waals surface area contributed by atoms with Gasteiger partial charge in [-0.2, -0.15) is 0 Å². The SMILES string of the molecule is NC(=O)CCN(CCO)C1CCC1. The predicted molar refractivity (Wildman–Crippen MR) is 50.1 cm³/mol. The first kappa shape index (κ1) is 10.5. The molecule has 13 heavy (non-hydrogen) atoms. The largest absolute Gasteiger partial charge is 0.395 e. The van der Waals surface area contributed by atoms with Crippen LogP contribution in [0.3, 0.4) is 0 Å². The molecule has 0 atom stereocenters. The Labute approximate surface area is 78.7 Å². The molecule has 0 saturated heterocycles. The van der Waals surface area contributed by atoms with Crippen LogP contribution in [-0.4, -0.2) is 41.7 Å². The summed E-state index contributed by atoms with van der Waals surface area (Å²) in [6, 6.07) is 0.575. The average molecular weight is 186 g/mol. The number of primary amides is 1. The number of nitrogens with two attached hydrogens (primary N) is 1. The number of rotatable bonds is 6. The van der Waals surface area contributed by atoms with E-state index >= 15 is 0 Å². The van der Waals surface area contributed by atoms with E-state index in [9.17, 15) is 4.79 Å². The van der Waals surface area contributed by atoms with Crippen LogP contribution in [0.15, 0.2) is 0 Å². The maximum Gasteiger partial charge on any atom is 0.218 e. The summed E-state index contributed by atoms with van der Waals surface area (Å²) in [7, 11) is 0. The lowest BCUT2D eigenvalue weighted by Gasteiger charge is -2.37. The zero-order valence-corrected chi connectivity index (χ0v) is 7.91. The minimum Gasteiger partial charge on any atom is -0.395 e. The van der Waals surface area contributed by atoms with Crippen LogP contribution in [0.5, 0.6) is 0 Å². The van der Waals surface area contributed by atoms with Gasteiger partial charge < -0.3 is 10.8 Å². The summed E-state index contributed by atoms with van der Waals surface area (Å²) in [5.74, 6) is -0.262. The molecule has 0 bridgehead atoms. The van der Waals surface area contributed by atoms with Gasteiger partial charge >= 0.3 is 0 Å². The number of hydrogen-bond acceptors (Lipinski definition) is 3. The fraction of sp³-hybridized carbons (Fsp3) is 0.889. The molecule has 1 rings (SSSR count). The molecule has 1 aliphatic carbocycles. The molecule has 0 aromatic rings. The molecule has 1 aliphatic rings. The number of nitrogens with zero attached hydrogens (tertiary/aromatic N) is 1. The molecule has 4 heteroatoms. The number of aliphatic hydroxyl groups is 1. The van der Waals surface area contributed by atoms with Gasteiger partial charge in [0, 0.05) is 25.6 Å². The van der Waals surface area contributed by atoms with Crippen molar-refractivity contribution in [2.45, 2.75) is 31.7 Å². The van der Waals surface area contributed by atoms with Crippen LogP contribution >= 0.6 is 0 Å². The first-order valence-corrected chi connectivity index (χ1v) is 4.87. The minimum absolute atomic E-state index is 0.162. The molecule has 0 aliphatic heterocycles. The summed E-state index contributed by atoms with van der Waals surface area (Å²) >= 11 is 0. The van der Waals surface area contributed by atoms with Gasteiger partial charge in [0.05, 0.1) is 6.61 Å². The Kier molecular flexibility index (Phi) is 4.18. The van der Waals surface area contributed by atoms with Gasteiger partial charge in [-0.1, -0.05) is 6.42 Å². The van der Waals surface area contributed by atoms with Crippen LogP contribution in [0, 0.1) is 0 Å². The Morgan fingerprint density at radius 2 is 2.15 bits per heavy atom. The third kappa shape index (κ3) is 3.32. The van der Waals surface area contributed by atoms with Crippen molar-refractivity contribution >= 4 is 5.91 Å². The smallest absolute Gasteiger partial charge is 0.218 e. The number of carbonyl (C=O) groups is 1. The van der Waals surface area contributed by atoms with Crippen molar-refractivity contribution in [1.82, 2.24) is 4.90 Å². The predicted octanol–water partition coefficient (Wildman–Crippen LogP) is -0.291. The first-order chi connectivity index (χ1) is 6.24. The molecule has 0 unspecified atom stereocenters. The molecule has 0 spiro atoms. The minimum atomic E-state index is -0.262. The van der Waals surface area contributed by atoms with Gasteiger partial charge in [0.1, 0.15) is 0 Å². The number of amides is 1. The number of aliphatic hydroxyl groups excluding tert-OH is 1. The molecule has 76 valence electrons. The zero-order chi connectivity index (χ0) is 9.68. The van der Waals surface area contributed by atoms with E-state index in [4.69, 9.17) is 10.8 Å². The van der Waals surface area contributed by atoms with E-state index in [1.54, 1.807) is 0 Å². The highest BCUT2D eigenvalue weighted by Gasteiger charge is 2.24. The maximum absolute atomic E-state index is 10.6. The summed E-state index contributed by atoms with van der Waals surface area (Å²) in [6.07, 6.45) is 4.05. The van der Waals surface area contributed by atoms with E-state index in [0.717, 1.165) is 0 Å². The van der Waals surface area contributed by atoms with Crippen LogP contribution in [-0.2, 0) is 4.79 Å². The molecular weight excluding hydrogens is 168 g/mol. The van der Waals surface area contributed by atoms with Gasteiger partial charge in [-0.15, -0.1) is 0 Å². The van der Waals surface area contributed by atoms with E-state index < -0.39 is 0 Å². The lowest BCUT2D eigenvalue weighted by Crippen LogP contribution is -2.43. The highest BCUT2D eigenvalue weighted by molar-refractivity contribution is 5.73. The summed E-state index contributed by atoms with van der Waals surface area (Å²) < 4.78 is 0. The van der Waals surface area contributed by atoms with Crippen LogP contribution in [0.2, 0.25) is 0 Å². The second kappa shape index (κ2) is 5.19. The van der Waals surface area contributed by atoms with Crippen LogP contribution < -0.4 is 5.73 Å². The average Bonchev–Trinajstić information content (AvgIpc) is 1.97. The van der Waals surface area contributed by atoms with Crippen molar-refractivity contribution in [2.75, 3.05) is 19.7 Å². The molecule has 0 heterocycles. The summed E-state index contributed by atoms with van der Waals surface area (Å²) in [6.45, 7) is 1.52. The van der Waals surface area contributed by atoms with Crippen LogP contribution in [0.1, 0.15) is 25.7 Å². The fourth-order valence-corrected chi connectivity index (χ4v) is 1.61. The second-order valence-electron chi connectivity index (χ2n) is 3.56. The van der Waals surface area contributed by atoms with E-state index in [1.807, 2.05) is 0 Å². The fourth-order valence-electron chi connectivity index (χ4n) is 1.61. The standard InChI is InChI=1S/C9H18N2O2/c10-9(13)4-5-11(6-7-12)8-2-1-3-8/h8,12H,1-7H2,(H2,10,13). The third-order valence-corrected chi connectivity index (χ3v) is 2.62. The summed E-state index contributed by atoms with van der Waals surface area (Å²) in [5, 5.41) is 8.81. The molecule has 3 N–H and O–H groups in total. The monoisotopic (exact) mass is 186 g/mol.